The van der Waals surface area contributed by atoms with Crippen molar-refractivity contribution in [1.29, 1.82) is 0 Å². The molecule has 0 atom stereocenters. The number of aryl methyl sites for hydroxylation is 1. The Morgan fingerprint density at radius 2 is 2.28 bits per heavy atom. The van der Waals surface area contributed by atoms with E-state index in [1.165, 1.54) is 0 Å². The molecule has 6 nitrogen and oxygen atoms in total. The first kappa shape index (κ1) is 14.7. The van der Waals surface area contributed by atoms with Crippen LogP contribution >= 0.6 is 0 Å². The fourth-order valence-corrected chi connectivity index (χ4v) is 1.64. The first-order valence-corrected chi connectivity index (χ1v) is 5.98. The van der Waals surface area contributed by atoms with Gasteiger partial charge in [-0.2, -0.15) is 0 Å². The van der Waals surface area contributed by atoms with E-state index in [2.05, 4.69) is 10.5 Å². The molecule has 1 aromatic rings. The van der Waals surface area contributed by atoms with Crippen LogP contribution in [0.3, 0.4) is 0 Å². The maximum absolute atomic E-state index is 11.8. The van der Waals surface area contributed by atoms with Crippen molar-refractivity contribution >= 4 is 11.7 Å². The van der Waals surface area contributed by atoms with E-state index in [4.69, 9.17) is 4.52 Å². The minimum absolute atomic E-state index is 0.172. The Kier molecular flexibility index (Phi) is 4.86. The number of nitrogens with zero attached hydrogens (tertiary/aromatic N) is 2. The van der Waals surface area contributed by atoms with Gasteiger partial charge in [-0.15, -0.1) is 0 Å². The third kappa shape index (κ3) is 5.29. The Labute approximate surface area is 107 Å². The molecule has 6 heteroatoms. The molecular formula is C12H21N3O3. The predicted molar refractivity (Wildman–Crippen MR) is 68.3 cm³/mol. The molecule has 0 radical (unpaired) electrons. The number of rotatable bonds is 6. The second-order valence-electron chi connectivity index (χ2n) is 4.99. The van der Waals surface area contributed by atoms with Crippen LogP contribution in [-0.2, 0) is 4.79 Å². The number of hydrogen-bond acceptors (Lipinski definition) is 5. The summed E-state index contributed by atoms with van der Waals surface area (Å²) in [5.41, 5.74) is -0.819. The Morgan fingerprint density at radius 1 is 1.61 bits per heavy atom. The van der Waals surface area contributed by atoms with Gasteiger partial charge in [0.15, 0.2) is 5.82 Å². The van der Waals surface area contributed by atoms with Crippen LogP contribution < -0.4 is 5.32 Å². The zero-order valence-corrected chi connectivity index (χ0v) is 11.4. The third-order valence-corrected chi connectivity index (χ3v) is 2.32. The van der Waals surface area contributed by atoms with Crippen LogP contribution in [0.4, 0.5) is 5.82 Å². The lowest BCUT2D eigenvalue weighted by Gasteiger charge is -2.27. The molecule has 1 amide bonds. The zero-order chi connectivity index (χ0) is 13.8. The van der Waals surface area contributed by atoms with Crippen LogP contribution in [0, 0.1) is 6.92 Å². The highest BCUT2D eigenvalue weighted by molar-refractivity contribution is 5.91. The van der Waals surface area contributed by atoms with Crippen molar-refractivity contribution in [3.8, 4) is 0 Å². The first-order chi connectivity index (χ1) is 8.30. The lowest BCUT2D eigenvalue weighted by Crippen LogP contribution is -2.42. The van der Waals surface area contributed by atoms with Crippen molar-refractivity contribution in [3.63, 3.8) is 0 Å². The van der Waals surface area contributed by atoms with Gasteiger partial charge in [0.25, 0.3) is 0 Å². The van der Waals surface area contributed by atoms with Crippen LogP contribution in [0.2, 0.25) is 0 Å². The van der Waals surface area contributed by atoms with E-state index in [1.54, 1.807) is 26.8 Å². The molecule has 102 valence electrons. The minimum atomic E-state index is -0.819. The van der Waals surface area contributed by atoms with E-state index in [0.717, 1.165) is 0 Å². The normalized spacial score (nSPS) is 11.9. The molecule has 0 unspecified atom stereocenters. The maximum atomic E-state index is 11.8. The molecule has 0 aliphatic rings. The number of hydrogen-bond donors (Lipinski definition) is 2. The highest BCUT2D eigenvalue weighted by Crippen LogP contribution is 2.08. The number of likely N-dealkylation sites (N-methyl/N-ethyl adjacent to an activating group) is 1. The van der Waals surface area contributed by atoms with Gasteiger partial charge in [0.2, 0.25) is 5.91 Å². The number of aliphatic hydroxyl groups is 1. The number of carbonyl (C=O) groups excluding carboxylic acids is 1. The SMILES string of the molecule is CCN(CC(=O)Nc1cc(C)on1)CC(C)(C)O. The highest BCUT2D eigenvalue weighted by atomic mass is 16.5. The van der Waals surface area contributed by atoms with Crippen LogP contribution in [-0.4, -0.2) is 46.3 Å². The second-order valence-corrected chi connectivity index (χ2v) is 4.99. The van der Waals surface area contributed by atoms with Gasteiger partial charge in [0.05, 0.1) is 12.1 Å². The van der Waals surface area contributed by atoms with Crippen molar-refractivity contribution in [1.82, 2.24) is 10.1 Å². The first-order valence-electron chi connectivity index (χ1n) is 5.98. The van der Waals surface area contributed by atoms with Crippen molar-refractivity contribution < 1.29 is 14.4 Å². The number of amides is 1. The molecule has 1 heterocycles. The molecule has 0 spiro atoms. The van der Waals surface area contributed by atoms with Crippen molar-refractivity contribution in [2.75, 3.05) is 25.0 Å². The Bertz CT molecular complexity index is 396. The molecule has 0 fully saturated rings. The van der Waals surface area contributed by atoms with E-state index < -0.39 is 5.60 Å². The molecule has 0 saturated carbocycles. The van der Waals surface area contributed by atoms with Crippen LogP contribution in [0.15, 0.2) is 10.6 Å². The molecule has 1 rings (SSSR count). The Morgan fingerprint density at radius 3 is 2.72 bits per heavy atom. The smallest absolute Gasteiger partial charge is 0.239 e. The third-order valence-electron chi connectivity index (χ3n) is 2.32. The number of aromatic nitrogens is 1. The quantitative estimate of drug-likeness (QED) is 0.793. The van der Waals surface area contributed by atoms with Crippen molar-refractivity contribution in [3.05, 3.63) is 11.8 Å². The monoisotopic (exact) mass is 255 g/mol. The summed E-state index contributed by atoms with van der Waals surface area (Å²) in [6, 6.07) is 1.66. The van der Waals surface area contributed by atoms with Crippen LogP contribution in [0.1, 0.15) is 26.5 Å². The fourth-order valence-electron chi connectivity index (χ4n) is 1.64. The van der Waals surface area contributed by atoms with Gasteiger partial charge in [-0.05, 0) is 27.3 Å². The molecule has 18 heavy (non-hydrogen) atoms. The van der Waals surface area contributed by atoms with E-state index >= 15 is 0 Å². The van der Waals surface area contributed by atoms with Gasteiger partial charge in [-0.25, -0.2) is 0 Å². The maximum Gasteiger partial charge on any atom is 0.239 e. The second kappa shape index (κ2) is 5.97. The fraction of sp³-hybridized carbons (Fsp3) is 0.667. The van der Waals surface area contributed by atoms with Gasteiger partial charge in [0, 0.05) is 12.6 Å². The Hall–Kier alpha value is -1.40. The zero-order valence-electron chi connectivity index (χ0n) is 11.4. The molecular weight excluding hydrogens is 234 g/mol. The predicted octanol–water partition coefficient (Wildman–Crippen LogP) is 1.01. The molecule has 0 aromatic carbocycles. The summed E-state index contributed by atoms with van der Waals surface area (Å²) in [6.45, 7) is 8.48. The lowest BCUT2D eigenvalue weighted by atomic mass is 10.1. The van der Waals surface area contributed by atoms with E-state index in [-0.39, 0.29) is 12.5 Å². The summed E-state index contributed by atoms with van der Waals surface area (Å²) >= 11 is 0. The molecule has 2 N–H and O–H groups in total. The highest BCUT2D eigenvalue weighted by Gasteiger charge is 2.19. The molecule has 0 aliphatic carbocycles. The summed E-state index contributed by atoms with van der Waals surface area (Å²) < 4.78 is 4.86. The van der Waals surface area contributed by atoms with Gasteiger partial charge >= 0.3 is 0 Å². The molecule has 0 saturated heterocycles. The Balaban J connectivity index is 2.47. The van der Waals surface area contributed by atoms with Gasteiger partial charge in [0.1, 0.15) is 5.76 Å². The number of nitrogens with one attached hydrogen (secondary N) is 1. The largest absolute Gasteiger partial charge is 0.389 e. The van der Waals surface area contributed by atoms with Crippen molar-refractivity contribution in [2.45, 2.75) is 33.3 Å². The van der Waals surface area contributed by atoms with Crippen LogP contribution in [0.5, 0.6) is 0 Å². The lowest BCUT2D eigenvalue weighted by molar-refractivity contribution is -0.117. The minimum Gasteiger partial charge on any atom is -0.389 e. The number of anilines is 1. The molecule has 1 aromatic heterocycles. The summed E-state index contributed by atoms with van der Waals surface area (Å²) in [5.74, 6) is 0.889. The average Bonchev–Trinajstić information content (AvgIpc) is 2.60. The number of carbonyl (C=O) groups is 1. The summed E-state index contributed by atoms with van der Waals surface area (Å²) in [6.07, 6.45) is 0. The van der Waals surface area contributed by atoms with E-state index in [9.17, 15) is 9.90 Å². The standard InChI is InChI=1S/C12H21N3O3/c1-5-15(8-12(3,4)17)7-11(16)13-10-6-9(2)18-14-10/h6,17H,5,7-8H2,1-4H3,(H,13,14,16). The van der Waals surface area contributed by atoms with Crippen LogP contribution in [0.25, 0.3) is 0 Å². The summed E-state index contributed by atoms with van der Waals surface area (Å²) in [7, 11) is 0. The van der Waals surface area contributed by atoms with Gasteiger partial charge < -0.3 is 14.9 Å². The topological polar surface area (TPSA) is 78.6 Å². The molecule has 0 bridgehead atoms. The van der Waals surface area contributed by atoms with E-state index in [0.29, 0.717) is 24.7 Å². The van der Waals surface area contributed by atoms with Gasteiger partial charge in [-0.3, -0.25) is 9.69 Å². The summed E-state index contributed by atoms with van der Waals surface area (Å²) in [5, 5.41) is 16.1. The molecule has 0 aliphatic heterocycles. The van der Waals surface area contributed by atoms with Gasteiger partial charge in [-0.1, -0.05) is 12.1 Å². The average molecular weight is 255 g/mol. The summed E-state index contributed by atoms with van der Waals surface area (Å²) in [4.78, 5) is 13.6. The van der Waals surface area contributed by atoms with E-state index in [1.807, 2.05) is 11.8 Å². The van der Waals surface area contributed by atoms with Crippen molar-refractivity contribution in [2.24, 2.45) is 0 Å².